The van der Waals surface area contributed by atoms with Gasteiger partial charge in [-0.2, -0.15) is 0 Å². The number of hydrogen-bond donors (Lipinski definition) is 1. The zero-order valence-electron chi connectivity index (χ0n) is 9.55. The summed E-state index contributed by atoms with van der Waals surface area (Å²) in [5, 5.41) is 10.2. The minimum Gasteiger partial charge on any atom is -0.387 e. The van der Waals surface area contributed by atoms with Crippen LogP contribution in [0.4, 0.5) is 0 Å². The Morgan fingerprint density at radius 3 is 2.33 bits per heavy atom. The first-order valence-corrected chi connectivity index (χ1v) is 5.05. The van der Waals surface area contributed by atoms with E-state index >= 15 is 0 Å². The average Bonchev–Trinajstić information content (AvgIpc) is 2.26. The number of hydrogen-bond acceptors (Lipinski definition) is 3. The Hall–Kier alpha value is -0.900. The van der Waals surface area contributed by atoms with Gasteiger partial charge in [-0.3, -0.25) is 0 Å². The van der Waals surface area contributed by atoms with Gasteiger partial charge in [-0.1, -0.05) is 30.3 Å². The molecule has 0 saturated carbocycles. The highest BCUT2D eigenvalue weighted by molar-refractivity contribution is 5.18. The van der Waals surface area contributed by atoms with E-state index < -0.39 is 6.10 Å². The topological polar surface area (TPSA) is 32.7 Å². The van der Waals surface area contributed by atoms with Crippen LogP contribution in [0.3, 0.4) is 0 Å². The molecule has 1 aromatic rings. The van der Waals surface area contributed by atoms with Crippen LogP contribution in [-0.2, 0) is 4.74 Å². The summed E-state index contributed by atoms with van der Waals surface area (Å²) in [7, 11) is 5.53. The molecule has 3 nitrogen and oxygen atoms in total. The van der Waals surface area contributed by atoms with Gasteiger partial charge in [0, 0.05) is 7.11 Å². The first-order chi connectivity index (χ1) is 7.16. The van der Waals surface area contributed by atoms with Crippen LogP contribution in [0.25, 0.3) is 0 Å². The summed E-state index contributed by atoms with van der Waals surface area (Å²) in [6, 6.07) is 9.64. The lowest BCUT2D eigenvalue weighted by molar-refractivity contribution is 0.0232. The lowest BCUT2D eigenvalue weighted by Crippen LogP contribution is -2.37. The number of nitrogens with zero attached hydrogens (tertiary/aromatic N) is 1. The molecule has 0 aliphatic heterocycles. The summed E-state index contributed by atoms with van der Waals surface area (Å²) in [6.45, 7) is 0.517. The van der Waals surface area contributed by atoms with E-state index in [1.807, 2.05) is 49.3 Å². The Kier molecular flexibility index (Phi) is 4.75. The van der Waals surface area contributed by atoms with Gasteiger partial charge in [0.05, 0.1) is 18.8 Å². The molecule has 0 fully saturated rings. The van der Waals surface area contributed by atoms with E-state index in [4.69, 9.17) is 4.74 Å². The van der Waals surface area contributed by atoms with Crippen LogP contribution in [0.2, 0.25) is 0 Å². The monoisotopic (exact) mass is 209 g/mol. The molecular formula is C12H19NO2. The molecule has 0 spiro atoms. The smallest absolute Gasteiger partial charge is 0.0967 e. The normalized spacial score (nSPS) is 15.3. The van der Waals surface area contributed by atoms with Crippen LogP contribution in [0, 0.1) is 0 Å². The molecule has 0 aromatic heterocycles. The van der Waals surface area contributed by atoms with Gasteiger partial charge >= 0.3 is 0 Å². The average molecular weight is 209 g/mol. The van der Waals surface area contributed by atoms with Crippen LogP contribution < -0.4 is 0 Å². The van der Waals surface area contributed by atoms with E-state index in [9.17, 15) is 5.11 Å². The van der Waals surface area contributed by atoms with Crippen LogP contribution in [0.5, 0.6) is 0 Å². The summed E-state index contributed by atoms with van der Waals surface area (Å²) in [6.07, 6.45) is -0.513. The number of aliphatic hydroxyl groups excluding tert-OH is 1. The molecule has 0 radical (unpaired) electrons. The maximum absolute atomic E-state index is 10.2. The fourth-order valence-electron chi connectivity index (χ4n) is 1.57. The number of rotatable bonds is 5. The van der Waals surface area contributed by atoms with Gasteiger partial charge in [0.1, 0.15) is 0 Å². The molecule has 0 aliphatic carbocycles. The second-order valence-corrected chi connectivity index (χ2v) is 3.84. The number of aliphatic hydroxyl groups is 1. The van der Waals surface area contributed by atoms with Gasteiger partial charge in [0.25, 0.3) is 0 Å². The third-order valence-corrected chi connectivity index (χ3v) is 2.51. The highest BCUT2D eigenvalue weighted by Crippen LogP contribution is 2.19. The van der Waals surface area contributed by atoms with Gasteiger partial charge in [0.15, 0.2) is 0 Å². The van der Waals surface area contributed by atoms with E-state index in [1.54, 1.807) is 7.11 Å². The summed E-state index contributed by atoms with van der Waals surface area (Å²) >= 11 is 0. The molecule has 3 heteroatoms. The Morgan fingerprint density at radius 2 is 1.87 bits per heavy atom. The molecule has 1 aromatic carbocycles. The molecule has 15 heavy (non-hydrogen) atoms. The molecular weight excluding hydrogens is 190 g/mol. The fourth-order valence-corrected chi connectivity index (χ4v) is 1.57. The maximum atomic E-state index is 10.2. The molecule has 0 bridgehead atoms. The zero-order chi connectivity index (χ0) is 11.3. The number of ether oxygens (including phenoxy) is 1. The minimum atomic E-state index is -0.513. The summed E-state index contributed by atoms with van der Waals surface area (Å²) in [4.78, 5) is 1.97. The first-order valence-electron chi connectivity index (χ1n) is 5.05. The molecule has 2 unspecified atom stereocenters. The standard InChI is InChI=1S/C12H19NO2/c1-13(2)11(9-15-3)12(14)10-7-5-4-6-8-10/h4-8,11-12,14H,9H2,1-3H3. The van der Waals surface area contributed by atoms with E-state index in [2.05, 4.69) is 0 Å². The van der Waals surface area contributed by atoms with Gasteiger partial charge < -0.3 is 14.7 Å². The second kappa shape index (κ2) is 5.85. The summed E-state index contributed by atoms with van der Waals surface area (Å²) < 4.78 is 5.11. The van der Waals surface area contributed by atoms with Gasteiger partial charge in [-0.05, 0) is 19.7 Å². The van der Waals surface area contributed by atoms with Crippen molar-refractivity contribution in [2.24, 2.45) is 0 Å². The number of benzene rings is 1. The van der Waals surface area contributed by atoms with Crippen LogP contribution >= 0.6 is 0 Å². The highest BCUT2D eigenvalue weighted by Gasteiger charge is 2.22. The van der Waals surface area contributed by atoms with E-state index in [0.717, 1.165) is 5.56 Å². The van der Waals surface area contributed by atoms with Crippen molar-refractivity contribution >= 4 is 0 Å². The fraction of sp³-hybridized carbons (Fsp3) is 0.500. The van der Waals surface area contributed by atoms with E-state index in [-0.39, 0.29) is 6.04 Å². The lowest BCUT2D eigenvalue weighted by atomic mass is 10.0. The molecule has 1 rings (SSSR count). The quantitative estimate of drug-likeness (QED) is 0.793. The molecule has 1 N–H and O–H groups in total. The lowest BCUT2D eigenvalue weighted by Gasteiger charge is -2.28. The van der Waals surface area contributed by atoms with Crippen molar-refractivity contribution in [2.45, 2.75) is 12.1 Å². The van der Waals surface area contributed by atoms with Crippen LogP contribution in [0.1, 0.15) is 11.7 Å². The van der Waals surface area contributed by atoms with Crippen molar-refractivity contribution in [1.29, 1.82) is 0 Å². The van der Waals surface area contributed by atoms with Gasteiger partial charge in [0.2, 0.25) is 0 Å². The molecule has 0 heterocycles. The molecule has 0 saturated heterocycles. The van der Waals surface area contributed by atoms with Crippen LogP contribution in [0.15, 0.2) is 30.3 Å². The zero-order valence-corrected chi connectivity index (χ0v) is 9.55. The Morgan fingerprint density at radius 1 is 1.27 bits per heavy atom. The van der Waals surface area contributed by atoms with Crippen molar-refractivity contribution in [2.75, 3.05) is 27.8 Å². The third-order valence-electron chi connectivity index (χ3n) is 2.51. The minimum absolute atomic E-state index is 0.0163. The Labute approximate surface area is 91.3 Å². The van der Waals surface area contributed by atoms with Crippen molar-refractivity contribution in [3.63, 3.8) is 0 Å². The van der Waals surface area contributed by atoms with Crippen molar-refractivity contribution in [1.82, 2.24) is 4.90 Å². The molecule has 0 amide bonds. The predicted octanol–water partition coefficient (Wildman–Crippen LogP) is 1.30. The third kappa shape index (κ3) is 3.30. The van der Waals surface area contributed by atoms with Gasteiger partial charge in [-0.15, -0.1) is 0 Å². The molecule has 2 atom stereocenters. The van der Waals surface area contributed by atoms with Crippen molar-refractivity contribution in [3.8, 4) is 0 Å². The van der Waals surface area contributed by atoms with E-state index in [0.29, 0.717) is 6.61 Å². The highest BCUT2D eigenvalue weighted by atomic mass is 16.5. The SMILES string of the molecule is COCC(C(O)c1ccccc1)N(C)C. The van der Waals surface area contributed by atoms with Crippen LogP contribution in [-0.4, -0.2) is 43.9 Å². The molecule has 84 valence electrons. The Balaban J connectivity index is 2.76. The first kappa shape index (κ1) is 12.2. The summed E-state index contributed by atoms with van der Waals surface area (Å²) in [5.74, 6) is 0. The number of likely N-dealkylation sites (N-methyl/N-ethyl adjacent to an activating group) is 1. The predicted molar refractivity (Wildman–Crippen MR) is 60.8 cm³/mol. The Bertz CT molecular complexity index is 274. The largest absolute Gasteiger partial charge is 0.387 e. The van der Waals surface area contributed by atoms with Gasteiger partial charge in [-0.25, -0.2) is 0 Å². The van der Waals surface area contributed by atoms with Crippen molar-refractivity contribution < 1.29 is 9.84 Å². The van der Waals surface area contributed by atoms with E-state index in [1.165, 1.54) is 0 Å². The molecule has 0 aliphatic rings. The summed E-state index contributed by atoms with van der Waals surface area (Å²) in [5.41, 5.74) is 0.924. The number of methoxy groups -OCH3 is 1. The maximum Gasteiger partial charge on any atom is 0.0967 e. The van der Waals surface area contributed by atoms with Crippen molar-refractivity contribution in [3.05, 3.63) is 35.9 Å². The second-order valence-electron chi connectivity index (χ2n) is 3.84.